The number of rotatable bonds is 9. The van der Waals surface area contributed by atoms with E-state index in [9.17, 15) is 23.5 Å². The van der Waals surface area contributed by atoms with Crippen molar-refractivity contribution in [2.45, 2.75) is 51.5 Å². The zero-order valence-corrected chi connectivity index (χ0v) is 19.2. The highest BCUT2D eigenvalue weighted by Gasteiger charge is 2.25. The molecule has 3 N–H and O–H groups in total. The van der Waals surface area contributed by atoms with Gasteiger partial charge in [-0.1, -0.05) is 12.1 Å². The third-order valence-corrected chi connectivity index (χ3v) is 4.58. The number of aliphatic hydroxyl groups excluding tert-OH is 1. The van der Waals surface area contributed by atoms with Crippen molar-refractivity contribution in [2.24, 2.45) is 0 Å². The average molecular weight is 465 g/mol. The maximum atomic E-state index is 13.6. The van der Waals surface area contributed by atoms with Gasteiger partial charge in [-0.15, -0.1) is 0 Å². The number of carbonyl (C=O) groups excluding carboxylic acids is 2. The number of esters is 1. The van der Waals surface area contributed by atoms with Gasteiger partial charge in [0, 0.05) is 19.2 Å². The van der Waals surface area contributed by atoms with Crippen molar-refractivity contribution in [3.63, 3.8) is 0 Å². The van der Waals surface area contributed by atoms with E-state index < -0.39 is 41.4 Å². The Morgan fingerprint density at radius 2 is 1.73 bits per heavy atom. The first-order valence-corrected chi connectivity index (χ1v) is 10.5. The minimum atomic E-state index is -1.10. The van der Waals surface area contributed by atoms with E-state index in [4.69, 9.17) is 9.47 Å². The first-order valence-electron chi connectivity index (χ1n) is 10.5. The van der Waals surface area contributed by atoms with Crippen molar-refractivity contribution in [3.05, 3.63) is 70.8 Å². The number of nitrogens with one attached hydrogen (secondary N) is 2. The Kier molecular flexibility index (Phi) is 9.31. The molecule has 0 saturated heterocycles. The molecule has 9 heteroatoms. The summed E-state index contributed by atoms with van der Waals surface area (Å²) >= 11 is 0. The molecule has 0 aliphatic heterocycles. The Labute approximate surface area is 192 Å². The lowest BCUT2D eigenvalue weighted by Gasteiger charge is -2.27. The molecule has 180 valence electrons. The van der Waals surface area contributed by atoms with Crippen LogP contribution in [-0.2, 0) is 22.4 Å². The highest BCUT2D eigenvalue weighted by Crippen LogP contribution is 2.14. The van der Waals surface area contributed by atoms with Crippen molar-refractivity contribution in [1.29, 1.82) is 0 Å². The quantitative estimate of drug-likeness (QED) is 0.493. The van der Waals surface area contributed by atoms with Crippen LogP contribution in [0.2, 0.25) is 0 Å². The van der Waals surface area contributed by atoms with Crippen LogP contribution in [-0.4, -0.2) is 48.6 Å². The number of halogens is 2. The fourth-order valence-electron chi connectivity index (χ4n) is 3.16. The molecule has 0 heterocycles. The van der Waals surface area contributed by atoms with Crippen molar-refractivity contribution in [2.75, 3.05) is 13.7 Å². The smallest absolute Gasteiger partial charge is 0.407 e. The van der Waals surface area contributed by atoms with Crippen molar-refractivity contribution in [3.8, 4) is 0 Å². The third-order valence-electron chi connectivity index (χ3n) is 4.58. The highest BCUT2D eigenvalue weighted by molar-refractivity contribution is 5.89. The number of hydrogen-bond donors (Lipinski definition) is 3. The molecule has 0 bridgehead atoms. The van der Waals surface area contributed by atoms with E-state index in [0.29, 0.717) is 12.1 Å². The molecule has 2 atom stereocenters. The van der Waals surface area contributed by atoms with Crippen molar-refractivity contribution < 1.29 is 33.0 Å². The summed E-state index contributed by atoms with van der Waals surface area (Å²) in [5, 5.41) is 16.4. The van der Waals surface area contributed by atoms with E-state index in [-0.39, 0.29) is 18.5 Å². The molecule has 0 unspecified atom stereocenters. The van der Waals surface area contributed by atoms with E-state index in [1.807, 2.05) is 0 Å². The summed E-state index contributed by atoms with van der Waals surface area (Å²) in [6, 6.07) is 8.97. The number of hydrogen-bond acceptors (Lipinski definition) is 6. The summed E-state index contributed by atoms with van der Waals surface area (Å²) in [5.74, 6) is -1.96. The predicted octanol–water partition coefficient (Wildman–Crippen LogP) is 3.34. The van der Waals surface area contributed by atoms with Gasteiger partial charge in [-0.05, 0) is 62.6 Å². The zero-order chi connectivity index (χ0) is 24.6. The van der Waals surface area contributed by atoms with Crippen LogP contribution in [0.5, 0.6) is 0 Å². The molecule has 0 fully saturated rings. The summed E-state index contributed by atoms with van der Waals surface area (Å²) < 4.78 is 37.2. The molecule has 33 heavy (non-hydrogen) atoms. The molecule has 2 aromatic carbocycles. The lowest BCUT2D eigenvalue weighted by Crippen LogP contribution is -2.49. The number of methoxy groups -OCH3 is 1. The molecule has 7 nitrogen and oxygen atoms in total. The Hall–Kier alpha value is -3.04. The van der Waals surface area contributed by atoms with E-state index in [0.717, 1.165) is 23.8 Å². The standard InChI is InChI=1S/C24H30F2N2O5/c1-24(2,3)33-23(31)28-20(11-16-9-18(25)12-19(26)10-16)21(29)14-27-13-15-6-5-7-17(8-15)22(30)32-4/h5-10,12,20-21,27,29H,11,13-14H2,1-4H3,(H,28,31)/t20-,21+/m0/s1. The molecule has 0 aliphatic carbocycles. The van der Waals surface area contributed by atoms with Gasteiger partial charge in [-0.25, -0.2) is 18.4 Å². The Bertz CT molecular complexity index is 942. The molecule has 0 aliphatic rings. The lowest BCUT2D eigenvalue weighted by atomic mass is 10.0. The number of benzene rings is 2. The van der Waals surface area contributed by atoms with Gasteiger partial charge < -0.3 is 25.2 Å². The van der Waals surface area contributed by atoms with Gasteiger partial charge in [0.2, 0.25) is 0 Å². The summed E-state index contributed by atoms with van der Waals surface area (Å²) in [5.41, 5.74) is 0.704. The monoisotopic (exact) mass is 464 g/mol. The van der Waals surface area contributed by atoms with Gasteiger partial charge in [0.15, 0.2) is 0 Å². The van der Waals surface area contributed by atoms with E-state index in [1.165, 1.54) is 7.11 Å². The van der Waals surface area contributed by atoms with Gasteiger partial charge in [-0.3, -0.25) is 0 Å². The van der Waals surface area contributed by atoms with Crippen LogP contribution in [0, 0.1) is 11.6 Å². The summed E-state index contributed by atoms with van der Waals surface area (Å²) in [7, 11) is 1.30. The first kappa shape index (κ1) is 26.2. The number of carbonyl (C=O) groups is 2. The Balaban J connectivity index is 2.06. The number of aliphatic hydroxyl groups is 1. The van der Waals surface area contributed by atoms with Gasteiger partial charge in [0.05, 0.1) is 24.8 Å². The maximum absolute atomic E-state index is 13.6. The fraction of sp³-hybridized carbons (Fsp3) is 0.417. The van der Waals surface area contributed by atoms with Gasteiger partial charge in [0.25, 0.3) is 0 Å². The highest BCUT2D eigenvalue weighted by atomic mass is 19.1. The second-order valence-corrected chi connectivity index (χ2v) is 8.62. The summed E-state index contributed by atoms with van der Waals surface area (Å²) in [4.78, 5) is 23.9. The molecule has 0 aromatic heterocycles. The van der Waals surface area contributed by atoms with E-state index >= 15 is 0 Å². The lowest BCUT2D eigenvalue weighted by molar-refractivity contribution is 0.0422. The Morgan fingerprint density at radius 3 is 2.33 bits per heavy atom. The normalized spacial score (nSPS) is 13.2. The largest absolute Gasteiger partial charge is 0.465 e. The topological polar surface area (TPSA) is 96.9 Å². The van der Waals surface area contributed by atoms with Crippen LogP contribution in [0.3, 0.4) is 0 Å². The molecule has 0 spiro atoms. The number of alkyl carbamates (subject to hydrolysis) is 1. The minimum Gasteiger partial charge on any atom is -0.465 e. The van der Waals surface area contributed by atoms with Crippen LogP contribution in [0.25, 0.3) is 0 Å². The molecule has 0 radical (unpaired) electrons. The van der Waals surface area contributed by atoms with Crippen LogP contribution in [0.4, 0.5) is 13.6 Å². The third kappa shape index (κ3) is 9.15. The predicted molar refractivity (Wildman–Crippen MR) is 119 cm³/mol. The van der Waals surface area contributed by atoms with Gasteiger partial charge >= 0.3 is 12.1 Å². The van der Waals surface area contributed by atoms with Crippen LogP contribution in [0.15, 0.2) is 42.5 Å². The van der Waals surface area contributed by atoms with E-state index in [2.05, 4.69) is 10.6 Å². The fourth-order valence-corrected chi connectivity index (χ4v) is 3.16. The first-order chi connectivity index (χ1) is 15.5. The number of amides is 1. The summed E-state index contributed by atoms with van der Waals surface area (Å²) in [6.45, 7) is 5.48. The minimum absolute atomic E-state index is 0.0193. The molecule has 0 saturated carbocycles. The van der Waals surface area contributed by atoms with Crippen molar-refractivity contribution in [1.82, 2.24) is 10.6 Å². The molecular weight excluding hydrogens is 434 g/mol. The SMILES string of the molecule is COC(=O)c1cccc(CNC[C@@H](O)[C@H](Cc2cc(F)cc(F)c2)NC(=O)OC(C)(C)C)c1. The second-order valence-electron chi connectivity index (χ2n) is 8.62. The average Bonchev–Trinajstić information content (AvgIpc) is 2.70. The van der Waals surface area contributed by atoms with E-state index in [1.54, 1.807) is 45.0 Å². The van der Waals surface area contributed by atoms with Crippen LogP contribution < -0.4 is 10.6 Å². The zero-order valence-electron chi connectivity index (χ0n) is 19.2. The van der Waals surface area contributed by atoms with Crippen LogP contribution >= 0.6 is 0 Å². The molecule has 2 aromatic rings. The van der Waals surface area contributed by atoms with Crippen molar-refractivity contribution >= 4 is 12.1 Å². The number of ether oxygens (including phenoxy) is 2. The van der Waals surface area contributed by atoms with Crippen LogP contribution in [0.1, 0.15) is 42.3 Å². The molecular formula is C24H30F2N2O5. The summed E-state index contributed by atoms with van der Waals surface area (Å²) in [6.07, 6.45) is -1.88. The maximum Gasteiger partial charge on any atom is 0.407 e. The Morgan fingerprint density at radius 1 is 1.06 bits per heavy atom. The van der Waals surface area contributed by atoms with Gasteiger partial charge in [0.1, 0.15) is 17.2 Å². The van der Waals surface area contributed by atoms with Gasteiger partial charge in [-0.2, -0.15) is 0 Å². The second kappa shape index (κ2) is 11.7. The molecule has 2 rings (SSSR count). The molecule has 1 amide bonds.